The van der Waals surface area contributed by atoms with E-state index in [1.807, 2.05) is 0 Å². The first-order chi connectivity index (χ1) is 17.0. The van der Waals surface area contributed by atoms with Crippen molar-refractivity contribution in [3.63, 3.8) is 0 Å². The lowest BCUT2D eigenvalue weighted by atomic mass is 10.1. The summed E-state index contributed by atoms with van der Waals surface area (Å²) in [6, 6.07) is 16.6. The molecule has 0 aliphatic rings. The van der Waals surface area contributed by atoms with Gasteiger partial charge in [0.15, 0.2) is 18.1 Å². The summed E-state index contributed by atoms with van der Waals surface area (Å²) < 4.78 is 16.2. The average molecular weight is 508 g/mol. The smallest absolute Gasteiger partial charge is 0.338 e. The van der Waals surface area contributed by atoms with Crippen molar-refractivity contribution >= 4 is 51.8 Å². The number of nitrogens with zero attached hydrogens (tertiary/aromatic N) is 2. The molecule has 0 spiro atoms. The van der Waals surface area contributed by atoms with E-state index >= 15 is 0 Å². The van der Waals surface area contributed by atoms with Crippen LogP contribution in [0.4, 0.5) is 5.69 Å². The van der Waals surface area contributed by atoms with E-state index in [0.717, 1.165) is 0 Å². The molecule has 35 heavy (non-hydrogen) atoms. The first-order valence-corrected chi connectivity index (χ1v) is 11.1. The average Bonchev–Trinajstić information content (AvgIpc) is 3.59. The normalized spacial score (nSPS) is 10.9. The van der Waals surface area contributed by atoms with E-state index in [-0.39, 0.29) is 10.6 Å². The quantitative estimate of drug-likeness (QED) is 0.270. The number of anilines is 1. The molecule has 10 heteroatoms. The number of aromatic nitrogens is 2. The first kappa shape index (κ1) is 22.6. The number of rotatable bonds is 6. The number of benzene rings is 2. The van der Waals surface area contributed by atoms with Crippen LogP contribution in [0.2, 0.25) is 10.0 Å². The maximum absolute atomic E-state index is 12.6. The van der Waals surface area contributed by atoms with E-state index in [2.05, 4.69) is 15.3 Å². The molecule has 0 aliphatic carbocycles. The summed E-state index contributed by atoms with van der Waals surface area (Å²) in [6.45, 7) is -0.513. The number of hydrogen-bond acceptors (Lipinski definition) is 7. The van der Waals surface area contributed by atoms with E-state index in [1.54, 1.807) is 60.9 Å². The van der Waals surface area contributed by atoms with Gasteiger partial charge in [-0.05, 0) is 54.6 Å². The summed E-state index contributed by atoms with van der Waals surface area (Å²) in [5.41, 5.74) is 2.47. The molecule has 0 saturated carbocycles. The fraction of sp³-hybridized carbons (Fsp3) is 0.0400. The maximum Gasteiger partial charge on any atom is 0.338 e. The monoisotopic (exact) mass is 507 g/mol. The zero-order chi connectivity index (χ0) is 24.4. The lowest BCUT2D eigenvalue weighted by molar-refractivity contribution is -0.119. The zero-order valence-electron chi connectivity index (χ0n) is 17.8. The summed E-state index contributed by atoms with van der Waals surface area (Å²) in [4.78, 5) is 34.1. The van der Waals surface area contributed by atoms with Gasteiger partial charge in [0.2, 0.25) is 0 Å². The SMILES string of the molecule is O=C(COC(=O)c1ccc2nc(-c3ccco3)c(-c3ccco3)nc2c1)Nc1cccc(Cl)c1Cl. The van der Waals surface area contributed by atoms with Crippen molar-refractivity contribution in [2.45, 2.75) is 0 Å². The van der Waals surface area contributed by atoms with Gasteiger partial charge in [0, 0.05) is 0 Å². The predicted octanol–water partition coefficient (Wildman–Crippen LogP) is 6.25. The molecular weight excluding hydrogens is 493 g/mol. The molecule has 1 N–H and O–H groups in total. The minimum absolute atomic E-state index is 0.197. The van der Waals surface area contributed by atoms with Crippen LogP contribution in [0.25, 0.3) is 33.9 Å². The third kappa shape index (κ3) is 4.75. The van der Waals surface area contributed by atoms with Crippen LogP contribution in [0.1, 0.15) is 10.4 Å². The molecule has 0 fully saturated rings. The molecule has 3 aromatic heterocycles. The van der Waals surface area contributed by atoms with E-state index < -0.39 is 18.5 Å². The molecule has 174 valence electrons. The number of furan rings is 2. The molecule has 3 heterocycles. The molecule has 0 bridgehead atoms. The molecule has 0 saturated heterocycles. The summed E-state index contributed by atoms with van der Waals surface area (Å²) in [5.74, 6) is -0.239. The summed E-state index contributed by atoms with van der Waals surface area (Å²) in [6.07, 6.45) is 3.07. The van der Waals surface area contributed by atoms with Crippen LogP contribution >= 0.6 is 23.2 Å². The Morgan fingerprint density at radius 3 is 2.20 bits per heavy atom. The van der Waals surface area contributed by atoms with Crippen molar-refractivity contribution in [3.05, 3.63) is 88.8 Å². The number of ether oxygens (including phenoxy) is 1. The van der Waals surface area contributed by atoms with Gasteiger partial charge < -0.3 is 18.9 Å². The fourth-order valence-corrected chi connectivity index (χ4v) is 3.70. The van der Waals surface area contributed by atoms with E-state index in [1.165, 1.54) is 12.3 Å². The Kier molecular flexibility index (Phi) is 6.22. The Morgan fingerprint density at radius 2 is 1.54 bits per heavy atom. The lowest BCUT2D eigenvalue weighted by Crippen LogP contribution is -2.21. The molecular formula is C25H15Cl2N3O5. The van der Waals surface area contributed by atoms with Crippen LogP contribution in [0.5, 0.6) is 0 Å². The summed E-state index contributed by atoms with van der Waals surface area (Å²) in [7, 11) is 0. The highest BCUT2D eigenvalue weighted by atomic mass is 35.5. The molecule has 0 aliphatic heterocycles. The Hall–Kier alpha value is -4.14. The van der Waals surface area contributed by atoms with Crippen molar-refractivity contribution in [1.82, 2.24) is 9.97 Å². The second-order valence-corrected chi connectivity index (χ2v) is 8.09. The maximum atomic E-state index is 12.6. The number of carbonyl (C=O) groups excluding carboxylic acids is 2. The molecule has 0 atom stereocenters. The van der Waals surface area contributed by atoms with Gasteiger partial charge in [0.25, 0.3) is 5.91 Å². The van der Waals surface area contributed by atoms with Gasteiger partial charge in [-0.1, -0.05) is 29.3 Å². The van der Waals surface area contributed by atoms with Crippen LogP contribution in [-0.2, 0) is 9.53 Å². The van der Waals surface area contributed by atoms with Crippen molar-refractivity contribution in [3.8, 4) is 22.9 Å². The minimum Gasteiger partial charge on any atom is -0.463 e. The second kappa shape index (κ2) is 9.61. The predicted molar refractivity (Wildman–Crippen MR) is 130 cm³/mol. The Labute approximate surface area is 208 Å². The number of halogens is 2. The van der Waals surface area contributed by atoms with Crippen LogP contribution in [0.3, 0.4) is 0 Å². The number of carbonyl (C=O) groups is 2. The molecule has 5 rings (SSSR count). The van der Waals surface area contributed by atoms with Crippen molar-refractivity contribution in [1.29, 1.82) is 0 Å². The minimum atomic E-state index is -0.698. The van der Waals surface area contributed by atoms with E-state index in [0.29, 0.717) is 44.7 Å². The number of hydrogen-bond donors (Lipinski definition) is 1. The number of fused-ring (bicyclic) bond motifs is 1. The molecule has 8 nitrogen and oxygen atoms in total. The van der Waals surface area contributed by atoms with Crippen molar-refractivity contribution in [2.75, 3.05) is 11.9 Å². The van der Waals surface area contributed by atoms with Crippen LogP contribution < -0.4 is 5.32 Å². The summed E-state index contributed by atoms with van der Waals surface area (Å²) >= 11 is 12.0. The van der Waals surface area contributed by atoms with Crippen LogP contribution in [0.15, 0.2) is 82.0 Å². The molecule has 0 radical (unpaired) electrons. The number of esters is 1. The molecule has 5 aromatic rings. The molecule has 0 unspecified atom stereocenters. The fourth-order valence-electron chi connectivity index (χ4n) is 3.35. The first-order valence-electron chi connectivity index (χ1n) is 10.3. The third-order valence-electron chi connectivity index (χ3n) is 4.97. The molecule has 1 amide bonds. The Balaban J connectivity index is 1.37. The highest BCUT2D eigenvalue weighted by molar-refractivity contribution is 6.44. The van der Waals surface area contributed by atoms with Gasteiger partial charge in [-0.2, -0.15) is 0 Å². The van der Waals surface area contributed by atoms with Gasteiger partial charge in [-0.3, -0.25) is 4.79 Å². The van der Waals surface area contributed by atoms with Crippen molar-refractivity contribution in [2.24, 2.45) is 0 Å². The summed E-state index contributed by atoms with van der Waals surface area (Å²) in [5, 5.41) is 3.05. The Bertz CT molecular complexity index is 1530. The van der Waals surface area contributed by atoms with Gasteiger partial charge in [0.1, 0.15) is 11.4 Å². The number of amides is 1. The van der Waals surface area contributed by atoms with Gasteiger partial charge >= 0.3 is 5.97 Å². The van der Waals surface area contributed by atoms with Crippen LogP contribution in [-0.4, -0.2) is 28.5 Å². The second-order valence-electron chi connectivity index (χ2n) is 7.30. The van der Waals surface area contributed by atoms with Gasteiger partial charge in [0.05, 0.1) is 44.9 Å². The molecule has 2 aromatic carbocycles. The lowest BCUT2D eigenvalue weighted by Gasteiger charge is -2.10. The van der Waals surface area contributed by atoms with E-state index in [9.17, 15) is 9.59 Å². The van der Waals surface area contributed by atoms with Crippen molar-refractivity contribution < 1.29 is 23.2 Å². The zero-order valence-corrected chi connectivity index (χ0v) is 19.3. The van der Waals surface area contributed by atoms with Crippen LogP contribution in [0, 0.1) is 0 Å². The topological polar surface area (TPSA) is 107 Å². The highest BCUT2D eigenvalue weighted by Crippen LogP contribution is 2.32. The largest absolute Gasteiger partial charge is 0.463 e. The van der Waals surface area contributed by atoms with Gasteiger partial charge in [-0.15, -0.1) is 0 Å². The standard InChI is InChI=1S/C25H15Cl2N3O5/c26-15-4-1-5-17(22(15)27)28-21(31)13-35-25(32)14-8-9-16-18(12-14)30-24(20-7-3-11-34-20)23(29-16)19-6-2-10-33-19/h1-12H,13H2,(H,28,31). The highest BCUT2D eigenvalue weighted by Gasteiger charge is 2.19. The number of nitrogens with one attached hydrogen (secondary N) is 1. The third-order valence-corrected chi connectivity index (χ3v) is 5.79. The van der Waals surface area contributed by atoms with Gasteiger partial charge in [-0.25, -0.2) is 14.8 Å². The Morgan fingerprint density at radius 1 is 0.857 bits per heavy atom. The van der Waals surface area contributed by atoms with E-state index in [4.69, 9.17) is 36.8 Å².